The fourth-order valence-corrected chi connectivity index (χ4v) is 1.76. The minimum Gasteiger partial charge on any atom is -0.312 e. The third-order valence-electron chi connectivity index (χ3n) is 2.91. The molecule has 1 aromatic heterocycles. The standard InChI is InChI=1S/C14H14N2O3/c1-15-9-10-16(14(19)13(15)18)8-7-12(17)11-5-3-2-4-6-11/h2-6,9-10H,7-8H2,1H3. The molecule has 0 fully saturated rings. The van der Waals surface area contributed by atoms with E-state index in [9.17, 15) is 14.4 Å². The topological polar surface area (TPSA) is 61.1 Å². The smallest absolute Gasteiger partial charge is 0.312 e. The largest absolute Gasteiger partial charge is 0.316 e. The van der Waals surface area contributed by atoms with E-state index in [0.29, 0.717) is 5.56 Å². The molecule has 0 radical (unpaired) electrons. The quantitative estimate of drug-likeness (QED) is 0.602. The van der Waals surface area contributed by atoms with Gasteiger partial charge in [-0.2, -0.15) is 0 Å². The van der Waals surface area contributed by atoms with Crippen LogP contribution in [0.2, 0.25) is 0 Å². The van der Waals surface area contributed by atoms with Crippen molar-refractivity contribution in [3.8, 4) is 0 Å². The summed E-state index contributed by atoms with van der Waals surface area (Å²) in [6.07, 6.45) is 3.22. The first-order chi connectivity index (χ1) is 9.09. The predicted octanol–water partition coefficient (Wildman–Crippen LogP) is 0.820. The molecule has 0 bridgehead atoms. The molecule has 1 heterocycles. The van der Waals surface area contributed by atoms with Gasteiger partial charge in [-0.15, -0.1) is 0 Å². The fraction of sp³-hybridized carbons (Fsp3) is 0.214. The molecule has 19 heavy (non-hydrogen) atoms. The van der Waals surface area contributed by atoms with Gasteiger partial charge >= 0.3 is 11.1 Å². The summed E-state index contributed by atoms with van der Waals surface area (Å²) in [5.41, 5.74) is -0.583. The number of rotatable bonds is 4. The lowest BCUT2D eigenvalue weighted by Crippen LogP contribution is -2.39. The Morgan fingerprint density at radius 3 is 2.42 bits per heavy atom. The van der Waals surface area contributed by atoms with Crippen LogP contribution >= 0.6 is 0 Å². The maximum Gasteiger partial charge on any atom is 0.316 e. The van der Waals surface area contributed by atoms with Crippen molar-refractivity contribution >= 4 is 5.78 Å². The fourth-order valence-electron chi connectivity index (χ4n) is 1.76. The molecule has 0 saturated carbocycles. The Labute approximate surface area is 109 Å². The third kappa shape index (κ3) is 2.88. The van der Waals surface area contributed by atoms with Gasteiger partial charge in [0.1, 0.15) is 0 Å². The molecule has 5 nitrogen and oxygen atoms in total. The highest BCUT2D eigenvalue weighted by molar-refractivity contribution is 5.95. The number of benzene rings is 1. The maximum atomic E-state index is 11.9. The van der Waals surface area contributed by atoms with Crippen LogP contribution in [0.5, 0.6) is 0 Å². The zero-order valence-corrected chi connectivity index (χ0v) is 10.6. The molecule has 0 unspecified atom stereocenters. The number of carbonyl (C=O) groups is 1. The normalized spacial score (nSPS) is 10.4. The first-order valence-corrected chi connectivity index (χ1v) is 5.94. The van der Waals surface area contributed by atoms with Crippen LogP contribution in [0.3, 0.4) is 0 Å². The minimum absolute atomic E-state index is 0.0480. The van der Waals surface area contributed by atoms with E-state index >= 15 is 0 Å². The maximum absolute atomic E-state index is 11.9. The van der Waals surface area contributed by atoms with Crippen molar-refractivity contribution in [3.05, 3.63) is 69.0 Å². The van der Waals surface area contributed by atoms with E-state index in [4.69, 9.17) is 0 Å². The van der Waals surface area contributed by atoms with Gasteiger partial charge < -0.3 is 9.13 Å². The summed E-state index contributed by atoms with van der Waals surface area (Å²) in [6.45, 7) is 0.211. The van der Waals surface area contributed by atoms with E-state index in [1.807, 2.05) is 6.07 Å². The van der Waals surface area contributed by atoms with Crippen LogP contribution < -0.4 is 11.1 Å². The molecule has 0 spiro atoms. The van der Waals surface area contributed by atoms with Gasteiger partial charge in [-0.1, -0.05) is 30.3 Å². The van der Waals surface area contributed by atoms with Gasteiger partial charge in [-0.05, 0) is 0 Å². The number of aryl methyl sites for hydroxylation is 2. The van der Waals surface area contributed by atoms with E-state index in [1.54, 1.807) is 24.3 Å². The summed E-state index contributed by atoms with van der Waals surface area (Å²) in [7, 11) is 1.52. The highest BCUT2D eigenvalue weighted by atomic mass is 16.2. The summed E-state index contributed by atoms with van der Waals surface area (Å²) in [4.78, 5) is 35.0. The van der Waals surface area contributed by atoms with E-state index in [2.05, 4.69) is 0 Å². The molecule has 2 rings (SSSR count). The van der Waals surface area contributed by atoms with Crippen LogP contribution in [0, 0.1) is 0 Å². The number of carbonyl (C=O) groups excluding carboxylic acids is 1. The molecule has 0 amide bonds. The second-order valence-corrected chi connectivity index (χ2v) is 4.25. The van der Waals surface area contributed by atoms with Gasteiger partial charge in [0, 0.05) is 38.0 Å². The number of aromatic nitrogens is 2. The van der Waals surface area contributed by atoms with Crippen LogP contribution in [0.15, 0.2) is 52.3 Å². The zero-order valence-electron chi connectivity index (χ0n) is 10.6. The van der Waals surface area contributed by atoms with Gasteiger partial charge in [0.2, 0.25) is 0 Å². The number of ketones is 1. The summed E-state index contributed by atoms with van der Waals surface area (Å²) in [6, 6.07) is 8.88. The van der Waals surface area contributed by atoms with E-state index < -0.39 is 11.1 Å². The predicted molar refractivity (Wildman–Crippen MR) is 71.3 cm³/mol. The Bertz CT molecular complexity index is 699. The summed E-state index contributed by atoms with van der Waals surface area (Å²) < 4.78 is 2.49. The van der Waals surface area contributed by atoms with Crippen LogP contribution in [0.1, 0.15) is 16.8 Å². The van der Waals surface area contributed by atoms with Crippen molar-refractivity contribution in [2.75, 3.05) is 0 Å². The lowest BCUT2D eigenvalue weighted by molar-refractivity contribution is 0.0976. The number of nitrogens with zero attached hydrogens (tertiary/aromatic N) is 2. The second-order valence-electron chi connectivity index (χ2n) is 4.25. The number of hydrogen-bond acceptors (Lipinski definition) is 3. The van der Waals surface area contributed by atoms with Gasteiger partial charge in [0.25, 0.3) is 0 Å². The molecule has 0 aliphatic heterocycles. The molecule has 0 N–H and O–H groups in total. The van der Waals surface area contributed by atoms with Crippen molar-refractivity contribution in [3.63, 3.8) is 0 Å². The Morgan fingerprint density at radius 2 is 1.74 bits per heavy atom. The van der Waals surface area contributed by atoms with E-state index in [-0.39, 0.29) is 18.7 Å². The molecular formula is C14H14N2O3. The SMILES string of the molecule is Cn1ccn(CCC(=O)c2ccccc2)c(=O)c1=O. The van der Waals surface area contributed by atoms with Gasteiger partial charge in [0.05, 0.1) is 0 Å². The summed E-state index contributed by atoms with van der Waals surface area (Å²) >= 11 is 0. The monoisotopic (exact) mass is 258 g/mol. The molecule has 0 atom stereocenters. The first-order valence-electron chi connectivity index (χ1n) is 5.94. The molecule has 5 heteroatoms. The van der Waals surface area contributed by atoms with Crippen molar-refractivity contribution in [1.29, 1.82) is 0 Å². The van der Waals surface area contributed by atoms with Gasteiger partial charge in [0.15, 0.2) is 5.78 Å². The lowest BCUT2D eigenvalue weighted by Gasteiger charge is -2.05. The Morgan fingerprint density at radius 1 is 1.05 bits per heavy atom. The Kier molecular flexibility index (Phi) is 3.75. The van der Waals surface area contributed by atoms with Crippen molar-refractivity contribution < 1.29 is 4.79 Å². The van der Waals surface area contributed by atoms with Gasteiger partial charge in [-0.25, -0.2) is 0 Å². The molecule has 98 valence electrons. The molecular weight excluding hydrogens is 244 g/mol. The minimum atomic E-state index is -0.606. The lowest BCUT2D eigenvalue weighted by atomic mass is 10.1. The molecule has 0 saturated heterocycles. The van der Waals surface area contributed by atoms with Crippen LogP contribution in [0.25, 0.3) is 0 Å². The zero-order chi connectivity index (χ0) is 13.8. The summed E-state index contributed by atoms with van der Waals surface area (Å²) in [5, 5.41) is 0. The Hall–Kier alpha value is -2.43. The average Bonchev–Trinajstić information content (AvgIpc) is 2.45. The summed E-state index contributed by atoms with van der Waals surface area (Å²) in [5.74, 6) is -0.0480. The Balaban J connectivity index is 2.12. The van der Waals surface area contributed by atoms with Gasteiger partial charge in [-0.3, -0.25) is 14.4 Å². The van der Waals surface area contributed by atoms with E-state index in [0.717, 1.165) is 0 Å². The van der Waals surface area contributed by atoms with Crippen molar-refractivity contribution in [1.82, 2.24) is 9.13 Å². The third-order valence-corrected chi connectivity index (χ3v) is 2.91. The van der Waals surface area contributed by atoms with Crippen molar-refractivity contribution in [2.24, 2.45) is 7.05 Å². The molecule has 2 aromatic rings. The molecule has 1 aromatic carbocycles. The highest BCUT2D eigenvalue weighted by Crippen LogP contribution is 2.03. The highest BCUT2D eigenvalue weighted by Gasteiger charge is 2.07. The number of hydrogen-bond donors (Lipinski definition) is 0. The second kappa shape index (κ2) is 5.48. The molecule has 0 aliphatic rings. The van der Waals surface area contributed by atoms with E-state index in [1.165, 1.54) is 28.6 Å². The van der Waals surface area contributed by atoms with Crippen molar-refractivity contribution in [2.45, 2.75) is 13.0 Å². The van der Waals surface area contributed by atoms with Crippen LogP contribution in [0.4, 0.5) is 0 Å². The van der Waals surface area contributed by atoms with Crippen LogP contribution in [-0.4, -0.2) is 14.9 Å². The average molecular weight is 258 g/mol. The van der Waals surface area contributed by atoms with Crippen LogP contribution in [-0.2, 0) is 13.6 Å². The number of Topliss-reactive ketones (excluding diaryl/α,β-unsaturated/α-hetero) is 1. The molecule has 0 aliphatic carbocycles. The first kappa shape index (κ1) is 13.0.